The molecule has 0 atom stereocenters. The number of nitrogens with zero attached hydrogens (tertiary/aromatic N) is 1. The Morgan fingerprint density at radius 2 is 1.76 bits per heavy atom. The number of likely N-dealkylation sites (N-methyl/N-ethyl adjacent to an activating group) is 1. The van der Waals surface area contributed by atoms with E-state index in [4.69, 9.17) is 5.11 Å². The molecule has 0 aliphatic heterocycles. The summed E-state index contributed by atoms with van der Waals surface area (Å²) in [4.78, 5) is 13.6. The second-order valence-corrected chi connectivity index (χ2v) is 4.40. The fraction of sp³-hybridized carbons (Fsp3) is 0.923. The van der Waals surface area contributed by atoms with Gasteiger partial charge in [0.1, 0.15) is 0 Å². The van der Waals surface area contributed by atoms with Crippen molar-refractivity contribution >= 4 is 5.91 Å². The third-order valence-electron chi connectivity index (χ3n) is 2.80. The van der Waals surface area contributed by atoms with Gasteiger partial charge in [-0.25, -0.2) is 0 Å². The summed E-state index contributed by atoms with van der Waals surface area (Å²) in [6, 6.07) is 0. The molecule has 0 heterocycles. The lowest BCUT2D eigenvalue weighted by atomic mass is 10.1. The van der Waals surface area contributed by atoms with Crippen LogP contribution in [0.15, 0.2) is 0 Å². The van der Waals surface area contributed by atoms with E-state index < -0.39 is 0 Å². The molecule has 17 heavy (non-hydrogen) atoms. The molecule has 0 rings (SSSR count). The summed E-state index contributed by atoms with van der Waals surface area (Å²) in [5.41, 5.74) is 0. The van der Waals surface area contributed by atoms with Gasteiger partial charge in [0, 0.05) is 19.7 Å². The van der Waals surface area contributed by atoms with Gasteiger partial charge in [0.2, 0.25) is 5.91 Å². The van der Waals surface area contributed by atoms with Crippen LogP contribution in [0.2, 0.25) is 0 Å². The van der Waals surface area contributed by atoms with Gasteiger partial charge in [0.15, 0.2) is 0 Å². The average Bonchev–Trinajstić information content (AvgIpc) is 2.33. The largest absolute Gasteiger partial charge is 0.396 e. The Labute approximate surface area is 105 Å². The fourth-order valence-electron chi connectivity index (χ4n) is 1.79. The van der Waals surface area contributed by atoms with Crippen LogP contribution in [0.1, 0.15) is 45.4 Å². The van der Waals surface area contributed by atoms with E-state index in [2.05, 4.69) is 12.2 Å². The Morgan fingerprint density at radius 3 is 2.35 bits per heavy atom. The third kappa shape index (κ3) is 9.12. The number of amides is 1. The highest BCUT2D eigenvalue weighted by Gasteiger charge is 2.11. The Bertz CT molecular complexity index is 186. The summed E-state index contributed by atoms with van der Waals surface area (Å²) in [6.07, 6.45) is 6.71. The van der Waals surface area contributed by atoms with Gasteiger partial charge in [0.25, 0.3) is 0 Å². The predicted molar refractivity (Wildman–Crippen MR) is 71.0 cm³/mol. The topological polar surface area (TPSA) is 52.6 Å². The van der Waals surface area contributed by atoms with Crippen molar-refractivity contribution in [1.82, 2.24) is 10.2 Å². The molecule has 102 valence electrons. The lowest BCUT2D eigenvalue weighted by Crippen LogP contribution is -2.38. The average molecular weight is 244 g/mol. The highest BCUT2D eigenvalue weighted by molar-refractivity contribution is 5.78. The van der Waals surface area contributed by atoms with Crippen LogP contribution < -0.4 is 5.32 Å². The van der Waals surface area contributed by atoms with Gasteiger partial charge >= 0.3 is 0 Å². The quantitative estimate of drug-likeness (QED) is 0.540. The predicted octanol–water partition coefficient (Wildman–Crippen LogP) is 1.39. The van der Waals surface area contributed by atoms with Crippen LogP contribution in [0.25, 0.3) is 0 Å². The Kier molecular flexibility index (Phi) is 11.4. The summed E-state index contributed by atoms with van der Waals surface area (Å²) in [7, 11) is 1.78. The number of aliphatic hydroxyl groups is 1. The summed E-state index contributed by atoms with van der Waals surface area (Å²) < 4.78 is 0. The van der Waals surface area contributed by atoms with Gasteiger partial charge in [0.05, 0.1) is 6.54 Å². The van der Waals surface area contributed by atoms with Crippen LogP contribution in [-0.2, 0) is 4.79 Å². The van der Waals surface area contributed by atoms with E-state index in [1.54, 1.807) is 7.05 Å². The summed E-state index contributed by atoms with van der Waals surface area (Å²) in [5.74, 6) is 0.136. The second-order valence-electron chi connectivity index (χ2n) is 4.40. The normalized spacial score (nSPS) is 10.5. The second kappa shape index (κ2) is 11.9. The van der Waals surface area contributed by atoms with Gasteiger partial charge < -0.3 is 15.3 Å². The van der Waals surface area contributed by atoms with Gasteiger partial charge in [-0.15, -0.1) is 0 Å². The highest BCUT2D eigenvalue weighted by Crippen LogP contribution is 2.04. The number of carbonyl (C=O) groups excluding carboxylic acids is 1. The zero-order valence-electron chi connectivity index (χ0n) is 11.4. The van der Waals surface area contributed by atoms with Crippen molar-refractivity contribution in [3.8, 4) is 0 Å². The SMILES string of the molecule is CCCCCCCN(CCCO)C(=O)CNC. The fourth-order valence-corrected chi connectivity index (χ4v) is 1.79. The molecule has 0 fully saturated rings. The first-order chi connectivity index (χ1) is 8.26. The Hall–Kier alpha value is -0.610. The van der Waals surface area contributed by atoms with E-state index in [-0.39, 0.29) is 12.5 Å². The number of aliphatic hydroxyl groups excluding tert-OH is 1. The van der Waals surface area contributed by atoms with Gasteiger partial charge in [-0.1, -0.05) is 32.6 Å². The van der Waals surface area contributed by atoms with Crippen molar-refractivity contribution in [2.24, 2.45) is 0 Å². The molecule has 0 spiro atoms. The van der Waals surface area contributed by atoms with Crippen LogP contribution in [0.3, 0.4) is 0 Å². The van der Waals surface area contributed by atoms with Gasteiger partial charge in [-0.3, -0.25) is 4.79 Å². The summed E-state index contributed by atoms with van der Waals surface area (Å²) >= 11 is 0. The third-order valence-corrected chi connectivity index (χ3v) is 2.80. The minimum absolute atomic E-state index is 0.136. The van der Waals surface area contributed by atoms with E-state index in [9.17, 15) is 4.79 Å². The minimum atomic E-state index is 0.136. The lowest BCUT2D eigenvalue weighted by Gasteiger charge is -2.22. The zero-order valence-corrected chi connectivity index (χ0v) is 11.4. The molecule has 0 aromatic heterocycles. The molecule has 0 aromatic carbocycles. The molecule has 2 N–H and O–H groups in total. The van der Waals surface area contributed by atoms with Crippen molar-refractivity contribution in [3.05, 3.63) is 0 Å². The van der Waals surface area contributed by atoms with E-state index in [0.29, 0.717) is 19.5 Å². The van der Waals surface area contributed by atoms with Crippen LogP contribution in [0, 0.1) is 0 Å². The molecule has 1 amide bonds. The van der Waals surface area contributed by atoms with Crippen LogP contribution in [-0.4, -0.2) is 49.2 Å². The van der Waals surface area contributed by atoms with E-state index in [1.807, 2.05) is 4.90 Å². The molecule has 0 bridgehead atoms. The maximum absolute atomic E-state index is 11.8. The molecular formula is C13H28N2O2. The number of hydrogen-bond acceptors (Lipinski definition) is 3. The molecule has 0 saturated heterocycles. The van der Waals surface area contributed by atoms with Crippen molar-refractivity contribution in [3.63, 3.8) is 0 Å². The molecular weight excluding hydrogens is 216 g/mol. The summed E-state index contributed by atoms with van der Waals surface area (Å²) in [6.45, 7) is 4.23. The number of hydrogen-bond donors (Lipinski definition) is 2. The van der Waals surface area contributed by atoms with Gasteiger partial charge in [-0.2, -0.15) is 0 Å². The monoisotopic (exact) mass is 244 g/mol. The van der Waals surface area contributed by atoms with E-state index >= 15 is 0 Å². The number of unbranched alkanes of at least 4 members (excludes halogenated alkanes) is 4. The number of carbonyl (C=O) groups is 1. The molecule has 0 aromatic rings. The smallest absolute Gasteiger partial charge is 0.236 e. The van der Waals surface area contributed by atoms with Crippen molar-refractivity contribution < 1.29 is 9.90 Å². The Morgan fingerprint density at radius 1 is 1.12 bits per heavy atom. The van der Waals surface area contributed by atoms with Crippen LogP contribution in [0.5, 0.6) is 0 Å². The first-order valence-electron chi connectivity index (χ1n) is 6.79. The first kappa shape index (κ1) is 16.4. The standard InChI is InChI=1S/C13H28N2O2/c1-3-4-5-6-7-9-15(10-8-11-16)13(17)12-14-2/h14,16H,3-12H2,1-2H3. The summed E-state index contributed by atoms with van der Waals surface area (Å²) in [5, 5.41) is 11.7. The highest BCUT2D eigenvalue weighted by atomic mass is 16.3. The lowest BCUT2D eigenvalue weighted by molar-refractivity contribution is -0.130. The Balaban J connectivity index is 3.80. The first-order valence-corrected chi connectivity index (χ1v) is 6.79. The van der Waals surface area contributed by atoms with Crippen LogP contribution >= 0.6 is 0 Å². The van der Waals surface area contributed by atoms with Gasteiger partial charge in [-0.05, 0) is 19.9 Å². The van der Waals surface area contributed by atoms with E-state index in [0.717, 1.165) is 13.0 Å². The van der Waals surface area contributed by atoms with Crippen molar-refractivity contribution in [1.29, 1.82) is 0 Å². The number of nitrogens with one attached hydrogen (secondary N) is 1. The zero-order chi connectivity index (χ0) is 12.9. The molecule has 0 aliphatic rings. The molecule has 0 saturated carbocycles. The minimum Gasteiger partial charge on any atom is -0.396 e. The maximum atomic E-state index is 11.8. The molecule has 0 radical (unpaired) electrons. The van der Waals surface area contributed by atoms with Crippen molar-refractivity contribution in [2.45, 2.75) is 45.4 Å². The number of rotatable bonds is 11. The molecule has 4 nitrogen and oxygen atoms in total. The van der Waals surface area contributed by atoms with E-state index in [1.165, 1.54) is 25.7 Å². The van der Waals surface area contributed by atoms with Crippen molar-refractivity contribution in [2.75, 3.05) is 33.3 Å². The molecule has 0 aliphatic carbocycles. The van der Waals surface area contributed by atoms with Crippen LogP contribution in [0.4, 0.5) is 0 Å². The molecule has 4 heteroatoms. The maximum Gasteiger partial charge on any atom is 0.236 e. The molecule has 0 unspecified atom stereocenters.